The number of hydrogen-bond acceptors (Lipinski definition) is 4. The lowest BCUT2D eigenvalue weighted by Crippen LogP contribution is -2.42. The number of likely N-dealkylation sites (tertiary alicyclic amines) is 1. The number of nitrogens with zero attached hydrogens (tertiary/aromatic N) is 4. The van der Waals surface area contributed by atoms with Gasteiger partial charge in [-0.2, -0.15) is 0 Å². The number of carbonyl (C=O) groups is 1. The smallest absolute Gasteiger partial charge is 0.163 e. The van der Waals surface area contributed by atoms with E-state index in [9.17, 15) is 4.79 Å². The van der Waals surface area contributed by atoms with Crippen molar-refractivity contribution in [3.05, 3.63) is 71.2 Å². The molecule has 0 radical (unpaired) electrons. The van der Waals surface area contributed by atoms with Crippen molar-refractivity contribution in [3.63, 3.8) is 0 Å². The Bertz CT molecular complexity index is 1190. The van der Waals surface area contributed by atoms with Gasteiger partial charge in [-0.3, -0.25) is 9.79 Å². The van der Waals surface area contributed by atoms with E-state index in [1.165, 1.54) is 31.2 Å². The number of hydrogen-bond donors (Lipinski definition) is 0. The van der Waals surface area contributed by atoms with Gasteiger partial charge in [0.05, 0.1) is 12.3 Å². The van der Waals surface area contributed by atoms with Gasteiger partial charge in [0.1, 0.15) is 5.65 Å². The standard InChI is InChI=1S/C26H28N4O/c1-29-15-17(2-8-23(29)18-3-4-18)12-24(31)19-5-6-20-14-28-26(22(20)13-19)21-7-9-25-27-10-11-30(25)16-21/h5-7,9-11,13,16-18,23H,2-4,8,12,14-15H2,1H3. The van der Waals surface area contributed by atoms with Crippen LogP contribution in [0.15, 0.2) is 53.9 Å². The number of rotatable bonds is 5. The molecule has 1 aliphatic carbocycles. The third-order valence-electron chi connectivity index (χ3n) is 7.38. The van der Waals surface area contributed by atoms with E-state index in [-0.39, 0.29) is 5.78 Å². The minimum atomic E-state index is 0.266. The van der Waals surface area contributed by atoms with E-state index in [0.29, 0.717) is 18.9 Å². The Morgan fingerprint density at radius 2 is 2.03 bits per heavy atom. The van der Waals surface area contributed by atoms with E-state index in [1.807, 2.05) is 22.7 Å². The van der Waals surface area contributed by atoms with Crippen LogP contribution < -0.4 is 0 Å². The van der Waals surface area contributed by atoms with Crippen LogP contribution in [0.25, 0.3) is 5.65 Å². The summed E-state index contributed by atoms with van der Waals surface area (Å²) in [4.78, 5) is 24.8. The molecule has 6 rings (SSSR count). The summed E-state index contributed by atoms with van der Waals surface area (Å²) < 4.78 is 2.01. The average Bonchev–Trinajstić information content (AvgIpc) is 3.35. The normalized spacial score (nSPS) is 23.7. The molecule has 2 aromatic heterocycles. The molecule has 3 aromatic rings. The molecule has 0 spiro atoms. The monoisotopic (exact) mass is 412 g/mol. The maximum atomic E-state index is 13.2. The highest BCUT2D eigenvalue weighted by atomic mass is 16.1. The molecule has 158 valence electrons. The van der Waals surface area contributed by atoms with E-state index < -0.39 is 0 Å². The van der Waals surface area contributed by atoms with Gasteiger partial charge in [-0.25, -0.2) is 4.98 Å². The molecule has 2 fully saturated rings. The first kappa shape index (κ1) is 18.9. The molecular formula is C26H28N4O. The number of aromatic nitrogens is 2. The van der Waals surface area contributed by atoms with Crippen LogP contribution in [0.4, 0.5) is 0 Å². The number of aliphatic imine (C=N–C) groups is 1. The molecule has 2 atom stereocenters. The summed E-state index contributed by atoms with van der Waals surface area (Å²) in [6, 6.07) is 11.0. The third-order valence-corrected chi connectivity index (χ3v) is 7.38. The van der Waals surface area contributed by atoms with Crippen LogP contribution in [0.1, 0.15) is 59.2 Å². The van der Waals surface area contributed by atoms with Crippen molar-refractivity contribution in [1.29, 1.82) is 0 Å². The zero-order valence-corrected chi connectivity index (χ0v) is 18.0. The Balaban J connectivity index is 1.20. The highest BCUT2D eigenvalue weighted by Gasteiger charge is 2.37. The number of fused-ring (bicyclic) bond motifs is 2. The summed E-state index contributed by atoms with van der Waals surface area (Å²) in [6.07, 6.45) is 11.7. The van der Waals surface area contributed by atoms with E-state index in [2.05, 4.69) is 41.3 Å². The lowest BCUT2D eigenvalue weighted by Gasteiger charge is -2.37. The molecule has 2 unspecified atom stereocenters. The molecule has 1 aromatic carbocycles. The van der Waals surface area contributed by atoms with Crippen LogP contribution in [-0.2, 0) is 6.54 Å². The van der Waals surface area contributed by atoms with Gasteiger partial charge in [0.15, 0.2) is 5.78 Å². The number of benzene rings is 1. The lowest BCUT2D eigenvalue weighted by atomic mass is 9.86. The van der Waals surface area contributed by atoms with Crippen LogP contribution in [-0.4, -0.2) is 45.4 Å². The summed E-state index contributed by atoms with van der Waals surface area (Å²) in [6.45, 7) is 1.73. The fraction of sp³-hybridized carbons (Fsp3) is 0.423. The average molecular weight is 413 g/mol. The fourth-order valence-electron chi connectivity index (χ4n) is 5.55. The van der Waals surface area contributed by atoms with Crippen molar-refractivity contribution >= 4 is 17.1 Å². The topological polar surface area (TPSA) is 50.0 Å². The minimum absolute atomic E-state index is 0.266. The maximum Gasteiger partial charge on any atom is 0.163 e. The molecule has 2 aliphatic heterocycles. The van der Waals surface area contributed by atoms with Gasteiger partial charge in [0, 0.05) is 54.3 Å². The predicted octanol–water partition coefficient (Wildman–Crippen LogP) is 4.38. The van der Waals surface area contributed by atoms with Crippen molar-refractivity contribution in [3.8, 4) is 0 Å². The van der Waals surface area contributed by atoms with E-state index in [0.717, 1.165) is 46.6 Å². The molecule has 4 heterocycles. The Labute approximate surface area is 182 Å². The Morgan fingerprint density at radius 1 is 1.13 bits per heavy atom. The van der Waals surface area contributed by atoms with Crippen molar-refractivity contribution < 1.29 is 4.79 Å². The Hall–Kier alpha value is -2.79. The second-order valence-electron chi connectivity index (χ2n) is 9.56. The predicted molar refractivity (Wildman–Crippen MR) is 122 cm³/mol. The molecule has 1 saturated heterocycles. The van der Waals surface area contributed by atoms with E-state index in [4.69, 9.17) is 4.99 Å². The first-order valence-corrected chi connectivity index (χ1v) is 11.5. The highest BCUT2D eigenvalue weighted by molar-refractivity contribution is 6.16. The fourth-order valence-corrected chi connectivity index (χ4v) is 5.55. The van der Waals surface area contributed by atoms with Crippen LogP contribution >= 0.6 is 0 Å². The third kappa shape index (κ3) is 3.51. The summed E-state index contributed by atoms with van der Waals surface area (Å²) in [7, 11) is 2.24. The number of ketones is 1. The molecule has 0 N–H and O–H groups in total. The van der Waals surface area contributed by atoms with Gasteiger partial charge < -0.3 is 9.30 Å². The summed E-state index contributed by atoms with van der Waals surface area (Å²) in [5, 5.41) is 0. The largest absolute Gasteiger partial charge is 0.306 e. The SMILES string of the molecule is CN1CC(CC(=O)c2ccc3c(c2)C(c2ccc4nccn4c2)=NC3)CCC1C1CC1. The first-order valence-electron chi connectivity index (χ1n) is 11.5. The number of pyridine rings is 1. The van der Waals surface area contributed by atoms with E-state index >= 15 is 0 Å². The first-order chi connectivity index (χ1) is 15.2. The Morgan fingerprint density at radius 3 is 2.87 bits per heavy atom. The van der Waals surface area contributed by atoms with Crippen molar-refractivity contribution in [1.82, 2.24) is 14.3 Å². The van der Waals surface area contributed by atoms with Crippen molar-refractivity contribution in [2.24, 2.45) is 16.8 Å². The molecule has 1 saturated carbocycles. The number of imidazole rings is 1. The lowest BCUT2D eigenvalue weighted by molar-refractivity contribution is 0.0860. The Kier molecular flexibility index (Phi) is 4.53. The van der Waals surface area contributed by atoms with Gasteiger partial charge in [-0.15, -0.1) is 0 Å². The second kappa shape index (κ2) is 7.41. The van der Waals surface area contributed by atoms with Crippen LogP contribution in [0.5, 0.6) is 0 Å². The molecule has 0 amide bonds. The quantitative estimate of drug-likeness (QED) is 0.585. The van der Waals surface area contributed by atoms with Gasteiger partial charge >= 0.3 is 0 Å². The van der Waals surface area contributed by atoms with E-state index in [1.54, 1.807) is 6.20 Å². The summed E-state index contributed by atoms with van der Waals surface area (Å²) in [5.41, 5.74) is 6.08. The molecule has 0 bridgehead atoms. The minimum Gasteiger partial charge on any atom is -0.306 e. The highest BCUT2D eigenvalue weighted by Crippen LogP contribution is 2.40. The number of piperidine rings is 1. The van der Waals surface area contributed by atoms with Crippen molar-refractivity contribution in [2.75, 3.05) is 13.6 Å². The van der Waals surface area contributed by atoms with Gasteiger partial charge in [0.2, 0.25) is 0 Å². The maximum absolute atomic E-state index is 13.2. The van der Waals surface area contributed by atoms with Gasteiger partial charge in [0.25, 0.3) is 0 Å². The summed E-state index contributed by atoms with van der Waals surface area (Å²) >= 11 is 0. The van der Waals surface area contributed by atoms with Crippen LogP contribution in [0.3, 0.4) is 0 Å². The van der Waals surface area contributed by atoms with Gasteiger partial charge in [-0.05, 0) is 68.3 Å². The second-order valence-corrected chi connectivity index (χ2v) is 9.56. The van der Waals surface area contributed by atoms with Crippen LogP contribution in [0, 0.1) is 11.8 Å². The number of carbonyl (C=O) groups excluding carboxylic acids is 1. The van der Waals surface area contributed by atoms with Crippen LogP contribution in [0.2, 0.25) is 0 Å². The molecule has 5 heteroatoms. The molecule has 5 nitrogen and oxygen atoms in total. The summed E-state index contributed by atoms with van der Waals surface area (Å²) in [5.74, 6) is 1.65. The van der Waals surface area contributed by atoms with Crippen molar-refractivity contribution in [2.45, 2.75) is 44.7 Å². The number of Topliss-reactive ketones (excluding diaryl/α,β-unsaturated/α-hetero) is 1. The zero-order valence-electron chi connectivity index (χ0n) is 18.0. The molecular weight excluding hydrogens is 384 g/mol. The molecule has 31 heavy (non-hydrogen) atoms. The van der Waals surface area contributed by atoms with Gasteiger partial charge in [-0.1, -0.05) is 12.1 Å². The molecule has 3 aliphatic rings. The zero-order chi connectivity index (χ0) is 20.9.